The van der Waals surface area contributed by atoms with Crippen LogP contribution in [0.5, 0.6) is 0 Å². The van der Waals surface area contributed by atoms with Crippen molar-refractivity contribution in [1.82, 2.24) is 20.4 Å². The zero-order chi connectivity index (χ0) is 44.5. The zero-order valence-electron chi connectivity index (χ0n) is 34.5. The Labute approximate surface area is 373 Å². The summed E-state index contributed by atoms with van der Waals surface area (Å²) in [5.41, 5.74) is 6.12. The second-order valence-electron chi connectivity index (χ2n) is 15.2. The maximum Gasteiger partial charge on any atom is 0.247 e. The molecule has 0 aliphatic heterocycles. The number of nitrogens with one attached hydrogen (secondary N) is 2. The van der Waals surface area contributed by atoms with Gasteiger partial charge in [0.15, 0.2) is 19.7 Å². The van der Waals surface area contributed by atoms with Gasteiger partial charge in [0.05, 0.1) is 49.5 Å². The van der Waals surface area contributed by atoms with E-state index in [1.165, 1.54) is 0 Å². The molecule has 0 fully saturated rings. The van der Waals surface area contributed by atoms with Crippen LogP contribution in [0.1, 0.15) is 63.2 Å². The second kappa shape index (κ2) is 20.8. The standard InChI is InChI=1S/C25H28ClN5O2Si.C19H14ClN5O2.CH4/c1-16-19(13-14-20(28-6)22(16)26)29-21(15-32-34(7,8)25(2,3)4)24-31-30-23(33-24)17-9-11-18(27-5)12-10-17;1-11-14(8-9-15(22-3)17(11)20)23-16(10-26)19-25-24-18(27-19)12-4-6-13(21-2)7-5-12;/h9-14,21,29H,15H2,1-4,7-8H3;4-9,16,23,26H,10H2,1H3;1H4/t21-;16-;/m11./s1. The summed E-state index contributed by atoms with van der Waals surface area (Å²) in [5, 5.41) is 33.6. The van der Waals surface area contributed by atoms with Crippen LogP contribution in [0.3, 0.4) is 0 Å². The number of nitrogens with zero attached hydrogens (tertiary/aromatic N) is 8. The van der Waals surface area contributed by atoms with E-state index in [1.807, 2.05) is 13.0 Å². The Balaban J connectivity index is 0.000000275. The van der Waals surface area contributed by atoms with Gasteiger partial charge in [-0.1, -0.05) is 112 Å². The molecule has 0 amide bonds. The summed E-state index contributed by atoms with van der Waals surface area (Å²) in [6, 6.07) is 19.6. The quantitative estimate of drug-likeness (QED) is 0.0801. The molecule has 0 saturated carbocycles. The predicted molar refractivity (Wildman–Crippen MR) is 247 cm³/mol. The van der Waals surface area contributed by atoms with E-state index in [4.69, 9.17) is 62.8 Å². The molecular weight excluding hydrogens is 844 g/mol. The molecule has 0 aliphatic carbocycles. The Hall–Kier alpha value is -6.56. The van der Waals surface area contributed by atoms with Crippen molar-refractivity contribution in [3.63, 3.8) is 0 Å². The topological polar surface area (TPSA) is 149 Å². The van der Waals surface area contributed by atoms with Crippen LogP contribution in [0, 0.1) is 40.1 Å². The van der Waals surface area contributed by atoms with Gasteiger partial charge in [-0.05, 0) is 55.2 Å². The lowest BCUT2D eigenvalue weighted by Gasteiger charge is -2.37. The van der Waals surface area contributed by atoms with Gasteiger partial charge in [0.2, 0.25) is 34.9 Å². The molecule has 0 unspecified atom stereocenters. The third kappa shape index (κ3) is 11.2. The van der Waals surface area contributed by atoms with Crippen molar-refractivity contribution in [2.45, 2.75) is 72.3 Å². The number of aromatic nitrogens is 4. The fourth-order valence-corrected chi connectivity index (χ4v) is 6.84. The summed E-state index contributed by atoms with van der Waals surface area (Å²) < 4.78 is 18.2. The first-order valence-electron chi connectivity index (χ1n) is 18.8. The molecule has 4 aromatic carbocycles. The molecule has 0 spiro atoms. The monoisotopic (exact) mass is 888 g/mol. The largest absolute Gasteiger partial charge is 0.418 e. The summed E-state index contributed by atoms with van der Waals surface area (Å²) in [6.45, 7) is 43.1. The van der Waals surface area contributed by atoms with Gasteiger partial charge in [-0.15, -0.1) is 20.4 Å². The van der Waals surface area contributed by atoms with E-state index < -0.39 is 20.4 Å². The number of benzene rings is 4. The number of rotatable bonds is 12. The lowest BCUT2D eigenvalue weighted by Crippen LogP contribution is -2.42. The molecule has 2 atom stereocenters. The maximum absolute atomic E-state index is 9.74. The lowest BCUT2D eigenvalue weighted by molar-refractivity contribution is 0.256. The van der Waals surface area contributed by atoms with E-state index in [-0.39, 0.29) is 25.0 Å². The van der Waals surface area contributed by atoms with Crippen LogP contribution in [0.15, 0.2) is 81.6 Å². The molecule has 318 valence electrons. The van der Waals surface area contributed by atoms with E-state index in [0.29, 0.717) is 73.9 Å². The number of halogens is 2. The number of hydrogen-bond acceptors (Lipinski definition) is 10. The van der Waals surface area contributed by atoms with Gasteiger partial charge in [-0.3, -0.25) is 0 Å². The van der Waals surface area contributed by atoms with E-state index in [0.717, 1.165) is 16.8 Å². The number of hydrogen-bond donors (Lipinski definition) is 3. The van der Waals surface area contributed by atoms with Crippen molar-refractivity contribution < 1.29 is 18.4 Å². The molecular formula is C45H46Cl2N10O4Si. The van der Waals surface area contributed by atoms with Crippen LogP contribution in [-0.4, -0.2) is 47.0 Å². The first kappa shape index (κ1) is 48.1. The van der Waals surface area contributed by atoms with Crippen molar-refractivity contribution in [3.05, 3.63) is 151 Å². The fourth-order valence-electron chi connectivity index (χ4n) is 5.41. The minimum atomic E-state index is -2.05. The highest BCUT2D eigenvalue weighted by molar-refractivity contribution is 6.74. The predicted octanol–water partition coefficient (Wildman–Crippen LogP) is 13.6. The van der Waals surface area contributed by atoms with E-state index in [9.17, 15) is 5.11 Å². The molecule has 2 heterocycles. The smallest absolute Gasteiger partial charge is 0.247 e. The van der Waals surface area contributed by atoms with Crippen LogP contribution < -0.4 is 10.6 Å². The minimum absolute atomic E-state index is 0. The summed E-state index contributed by atoms with van der Waals surface area (Å²) in [7, 11) is -2.05. The normalized spacial score (nSPS) is 11.9. The Morgan fingerprint density at radius 2 is 1.06 bits per heavy atom. The molecule has 3 N–H and O–H groups in total. The Morgan fingerprint density at radius 3 is 1.44 bits per heavy atom. The molecule has 0 aliphatic rings. The van der Waals surface area contributed by atoms with Crippen molar-refractivity contribution in [2.75, 3.05) is 23.8 Å². The first-order chi connectivity index (χ1) is 29.0. The molecule has 62 heavy (non-hydrogen) atoms. The molecule has 14 nitrogen and oxygen atoms in total. The number of anilines is 2. The van der Waals surface area contributed by atoms with Crippen LogP contribution in [-0.2, 0) is 4.43 Å². The van der Waals surface area contributed by atoms with E-state index in [1.54, 1.807) is 73.7 Å². The second-order valence-corrected chi connectivity index (χ2v) is 20.8. The summed E-state index contributed by atoms with van der Waals surface area (Å²) in [5.74, 6) is 1.25. The average Bonchev–Trinajstić information content (AvgIpc) is 3.96. The van der Waals surface area contributed by atoms with Crippen molar-refractivity contribution in [1.29, 1.82) is 0 Å². The number of aliphatic hydroxyl groups is 1. The maximum atomic E-state index is 9.74. The number of aliphatic hydroxyl groups excluding tert-OH is 1. The fraction of sp³-hybridized carbons (Fsp3) is 0.289. The summed E-state index contributed by atoms with van der Waals surface area (Å²) in [6.07, 6.45) is 0. The summed E-state index contributed by atoms with van der Waals surface area (Å²) >= 11 is 12.6. The van der Waals surface area contributed by atoms with Crippen molar-refractivity contribution >= 4 is 65.6 Å². The van der Waals surface area contributed by atoms with E-state index in [2.05, 4.69) is 84.3 Å². The Bertz CT molecular complexity index is 2670. The van der Waals surface area contributed by atoms with Gasteiger partial charge in [0.1, 0.15) is 12.1 Å². The average molecular weight is 890 g/mol. The summed E-state index contributed by atoms with van der Waals surface area (Å²) in [4.78, 5) is 13.6. The van der Waals surface area contributed by atoms with Crippen molar-refractivity contribution in [2.24, 2.45) is 0 Å². The molecule has 0 saturated heterocycles. The van der Waals surface area contributed by atoms with Crippen LogP contribution in [0.25, 0.3) is 42.3 Å². The van der Waals surface area contributed by atoms with Crippen LogP contribution in [0.2, 0.25) is 28.2 Å². The van der Waals surface area contributed by atoms with E-state index >= 15 is 0 Å². The Morgan fingerprint density at radius 1 is 0.661 bits per heavy atom. The van der Waals surface area contributed by atoms with Crippen LogP contribution in [0.4, 0.5) is 34.1 Å². The molecule has 6 rings (SSSR count). The lowest BCUT2D eigenvalue weighted by atomic mass is 10.1. The third-order valence-corrected chi connectivity index (χ3v) is 15.7. The zero-order valence-corrected chi connectivity index (χ0v) is 37.0. The highest BCUT2D eigenvalue weighted by Crippen LogP contribution is 2.39. The highest BCUT2D eigenvalue weighted by Gasteiger charge is 2.38. The van der Waals surface area contributed by atoms with Gasteiger partial charge in [-0.25, -0.2) is 19.4 Å². The first-order valence-corrected chi connectivity index (χ1v) is 22.4. The van der Waals surface area contributed by atoms with Gasteiger partial charge >= 0.3 is 0 Å². The van der Waals surface area contributed by atoms with Gasteiger partial charge in [-0.2, -0.15) is 0 Å². The molecule has 17 heteroatoms. The van der Waals surface area contributed by atoms with Gasteiger partial charge in [0.25, 0.3) is 0 Å². The highest BCUT2D eigenvalue weighted by atomic mass is 35.5. The molecule has 0 bridgehead atoms. The molecule has 6 aromatic rings. The van der Waals surface area contributed by atoms with Crippen molar-refractivity contribution in [3.8, 4) is 22.9 Å². The van der Waals surface area contributed by atoms with Gasteiger partial charge < -0.3 is 29.0 Å². The SMILES string of the molecule is C.[C-]#[N+]c1ccc(-c2nnc([C@@H](CO)Nc3ccc([N+]#[C-])c(Cl)c3C)o2)cc1.[C-]#[N+]c1ccc(-c2nnc([C@@H](CO[Si](C)(C)C(C)(C)C)Nc3ccc([N+]#[C-])c(Cl)c3C)o2)cc1. The van der Waals surface area contributed by atoms with Crippen LogP contribution >= 0.6 is 23.2 Å². The van der Waals surface area contributed by atoms with Gasteiger partial charge in [0, 0.05) is 22.5 Å². The molecule has 2 aromatic heterocycles. The minimum Gasteiger partial charge on any atom is -0.418 e. The Kier molecular flexibility index (Phi) is 16.1. The third-order valence-electron chi connectivity index (χ3n) is 10.2. The molecule has 0 radical (unpaired) electrons.